The van der Waals surface area contributed by atoms with Gasteiger partial charge in [-0.1, -0.05) is 35.0 Å². The fourth-order valence-corrected chi connectivity index (χ4v) is 3.19. The van der Waals surface area contributed by atoms with Crippen LogP contribution < -0.4 is 5.32 Å². The Morgan fingerprint density at radius 1 is 1.47 bits per heavy atom. The summed E-state index contributed by atoms with van der Waals surface area (Å²) in [5.41, 5.74) is 1.38. The van der Waals surface area contributed by atoms with Crippen molar-refractivity contribution in [2.75, 3.05) is 13.2 Å². The lowest BCUT2D eigenvalue weighted by Crippen LogP contribution is -2.21. The van der Waals surface area contributed by atoms with Gasteiger partial charge in [0.25, 0.3) is 0 Å². The van der Waals surface area contributed by atoms with Gasteiger partial charge in [-0.05, 0) is 56.3 Å². The lowest BCUT2D eigenvalue weighted by atomic mass is 9.99. The van der Waals surface area contributed by atoms with Crippen molar-refractivity contribution in [2.45, 2.75) is 51.2 Å². The molecule has 1 N–H and O–H groups in total. The molecule has 2 rings (SSSR count). The monoisotopic (exact) mass is 325 g/mol. The lowest BCUT2D eigenvalue weighted by molar-refractivity contribution is 0.101. The van der Waals surface area contributed by atoms with Gasteiger partial charge in [-0.3, -0.25) is 0 Å². The highest BCUT2D eigenvalue weighted by molar-refractivity contribution is 9.10. The summed E-state index contributed by atoms with van der Waals surface area (Å²) in [5.74, 6) is 0. The average molecular weight is 326 g/mol. The fraction of sp³-hybridized carbons (Fsp3) is 0.625. The molecule has 1 aromatic rings. The zero-order valence-electron chi connectivity index (χ0n) is 11.7. The molecule has 0 amide bonds. The van der Waals surface area contributed by atoms with Gasteiger partial charge in [0.1, 0.15) is 0 Å². The predicted molar refractivity (Wildman–Crippen MR) is 83.4 cm³/mol. The van der Waals surface area contributed by atoms with E-state index in [0.29, 0.717) is 12.1 Å². The molecule has 2 nitrogen and oxygen atoms in total. The van der Waals surface area contributed by atoms with Crippen LogP contribution in [0.2, 0.25) is 0 Å². The van der Waals surface area contributed by atoms with Gasteiger partial charge in [0, 0.05) is 17.1 Å². The van der Waals surface area contributed by atoms with E-state index in [1.807, 2.05) is 0 Å². The second-order valence-electron chi connectivity index (χ2n) is 5.23. The normalized spacial score (nSPS) is 20.6. The van der Waals surface area contributed by atoms with E-state index >= 15 is 0 Å². The van der Waals surface area contributed by atoms with Crippen LogP contribution in [-0.2, 0) is 4.74 Å². The van der Waals surface area contributed by atoms with Crippen LogP contribution >= 0.6 is 15.9 Å². The van der Waals surface area contributed by atoms with Crippen molar-refractivity contribution < 1.29 is 4.74 Å². The number of ether oxygens (including phenoxy) is 1. The van der Waals surface area contributed by atoms with Crippen LogP contribution in [0.3, 0.4) is 0 Å². The number of hydrogen-bond acceptors (Lipinski definition) is 2. The Labute approximate surface area is 125 Å². The van der Waals surface area contributed by atoms with E-state index in [1.165, 1.54) is 37.7 Å². The summed E-state index contributed by atoms with van der Waals surface area (Å²) < 4.78 is 6.85. The summed E-state index contributed by atoms with van der Waals surface area (Å²) in [6.07, 6.45) is 6.63. The lowest BCUT2D eigenvalue weighted by Gasteiger charge is -2.19. The van der Waals surface area contributed by atoms with Crippen molar-refractivity contribution in [1.29, 1.82) is 0 Å². The number of nitrogens with one attached hydrogen (secondary N) is 1. The molecule has 0 aliphatic carbocycles. The van der Waals surface area contributed by atoms with E-state index < -0.39 is 0 Å². The van der Waals surface area contributed by atoms with Crippen LogP contribution in [0.4, 0.5) is 0 Å². The van der Waals surface area contributed by atoms with E-state index in [4.69, 9.17) is 4.74 Å². The Morgan fingerprint density at radius 2 is 2.37 bits per heavy atom. The van der Waals surface area contributed by atoms with Crippen molar-refractivity contribution in [3.63, 3.8) is 0 Å². The Kier molecular flexibility index (Phi) is 6.35. The van der Waals surface area contributed by atoms with Gasteiger partial charge in [-0.25, -0.2) is 0 Å². The van der Waals surface area contributed by atoms with Gasteiger partial charge >= 0.3 is 0 Å². The smallest absolute Gasteiger partial charge is 0.0576 e. The predicted octanol–water partition coefficient (Wildman–Crippen LogP) is 4.45. The fourth-order valence-electron chi connectivity index (χ4n) is 2.78. The largest absolute Gasteiger partial charge is 0.378 e. The van der Waals surface area contributed by atoms with Gasteiger partial charge in [0.05, 0.1) is 6.10 Å². The van der Waals surface area contributed by atoms with Crippen molar-refractivity contribution in [3.05, 3.63) is 34.3 Å². The molecule has 0 saturated carbocycles. The SMILES string of the molecule is CCNC(CCCC1CCCO1)c1cccc(Br)c1. The van der Waals surface area contributed by atoms with E-state index in [2.05, 4.69) is 52.4 Å². The molecule has 0 bridgehead atoms. The van der Waals surface area contributed by atoms with Crippen molar-refractivity contribution >= 4 is 15.9 Å². The first-order valence-corrected chi connectivity index (χ1v) is 8.19. The van der Waals surface area contributed by atoms with Crippen LogP contribution in [0.5, 0.6) is 0 Å². The van der Waals surface area contributed by atoms with E-state index in [1.54, 1.807) is 0 Å². The molecule has 3 heteroatoms. The molecule has 1 aliphatic rings. The molecule has 1 fully saturated rings. The minimum absolute atomic E-state index is 0.462. The highest BCUT2D eigenvalue weighted by Crippen LogP contribution is 2.25. The third-order valence-electron chi connectivity index (χ3n) is 3.74. The first-order valence-electron chi connectivity index (χ1n) is 7.40. The Hall–Kier alpha value is -0.380. The summed E-state index contributed by atoms with van der Waals surface area (Å²) in [6, 6.07) is 9.09. The zero-order valence-corrected chi connectivity index (χ0v) is 13.3. The molecule has 0 radical (unpaired) electrons. The van der Waals surface area contributed by atoms with Crippen molar-refractivity contribution in [3.8, 4) is 0 Å². The summed E-state index contributed by atoms with van der Waals surface area (Å²) in [4.78, 5) is 0. The first-order chi connectivity index (χ1) is 9.29. The van der Waals surface area contributed by atoms with E-state index in [-0.39, 0.29) is 0 Å². The average Bonchev–Trinajstić information content (AvgIpc) is 2.91. The van der Waals surface area contributed by atoms with Crippen molar-refractivity contribution in [2.24, 2.45) is 0 Å². The van der Waals surface area contributed by atoms with Crippen LogP contribution in [0.15, 0.2) is 28.7 Å². The molecular weight excluding hydrogens is 302 g/mol. The molecule has 2 unspecified atom stereocenters. The van der Waals surface area contributed by atoms with Crippen LogP contribution in [-0.4, -0.2) is 19.3 Å². The molecule has 19 heavy (non-hydrogen) atoms. The second-order valence-corrected chi connectivity index (χ2v) is 6.15. The maximum absolute atomic E-state index is 5.69. The first kappa shape index (κ1) is 15.0. The molecule has 106 valence electrons. The highest BCUT2D eigenvalue weighted by Gasteiger charge is 2.16. The molecular formula is C16H24BrNO. The number of halogens is 1. The Morgan fingerprint density at radius 3 is 3.05 bits per heavy atom. The molecule has 0 aromatic heterocycles. The van der Waals surface area contributed by atoms with E-state index in [0.717, 1.165) is 17.6 Å². The van der Waals surface area contributed by atoms with Gasteiger partial charge in [-0.15, -0.1) is 0 Å². The minimum Gasteiger partial charge on any atom is -0.378 e. The Bertz CT molecular complexity index is 377. The summed E-state index contributed by atoms with van der Waals surface area (Å²) in [6.45, 7) is 4.15. The minimum atomic E-state index is 0.462. The molecule has 2 atom stereocenters. The van der Waals surface area contributed by atoms with Crippen LogP contribution in [0, 0.1) is 0 Å². The number of rotatable bonds is 7. The van der Waals surface area contributed by atoms with Crippen LogP contribution in [0.25, 0.3) is 0 Å². The Balaban J connectivity index is 1.84. The summed E-state index contributed by atoms with van der Waals surface area (Å²) in [5, 5.41) is 3.59. The topological polar surface area (TPSA) is 21.3 Å². The zero-order chi connectivity index (χ0) is 13.5. The third kappa shape index (κ3) is 4.90. The van der Waals surface area contributed by atoms with Crippen molar-refractivity contribution in [1.82, 2.24) is 5.32 Å². The maximum Gasteiger partial charge on any atom is 0.0576 e. The van der Waals surface area contributed by atoms with Gasteiger partial charge < -0.3 is 10.1 Å². The maximum atomic E-state index is 5.69. The quantitative estimate of drug-likeness (QED) is 0.799. The number of hydrogen-bond donors (Lipinski definition) is 1. The molecule has 1 heterocycles. The van der Waals surface area contributed by atoms with E-state index in [9.17, 15) is 0 Å². The van der Waals surface area contributed by atoms with Gasteiger partial charge in [-0.2, -0.15) is 0 Å². The summed E-state index contributed by atoms with van der Waals surface area (Å²) >= 11 is 3.56. The highest BCUT2D eigenvalue weighted by atomic mass is 79.9. The second kappa shape index (κ2) is 8.03. The summed E-state index contributed by atoms with van der Waals surface area (Å²) in [7, 11) is 0. The third-order valence-corrected chi connectivity index (χ3v) is 4.24. The number of benzene rings is 1. The molecule has 1 saturated heterocycles. The molecule has 1 aromatic carbocycles. The standard InChI is InChI=1S/C16H24BrNO/c1-2-18-16(13-6-3-7-14(17)12-13)10-4-8-15-9-5-11-19-15/h3,6-7,12,15-16,18H,2,4-5,8-11H2,1H3. The van der Waals surface area contributed by atoms with Gasteiger partial charge in [0.2, 0.25) is 0 Å². The molecule has 0 spiro atoms. The van der Waals surface area contributed by atoms with Gasteiger partial charge in [0.15, 0.2) is 0 Å². The van der Waals surface area contributed by atoms with Crippen LogP contribution in [0.1, 0.15) is 50.6 Å². The molecule has 1 aliphatic heterocycles.